The number of nitrogens with zero attached hydrogens (tertiary/aromatic N) is 3. The van der Waals surface area contributed by atoms with Crippen molar-refractivity contribution in [3.8, 4) is 0 Å². The number of hydrogen-bond donors (Lipinski definition) is 3. The molecule has 0 unspecified atom stereocenters. The van der Waals surface area contributed by atoms with Crippen LogP contribution in [0.3, 0.4) is 0 Å². The number of carbonyl (C=O) groups excluding carboxylic acids is 1. The lowest BCUT2D eigenvalue weighted by atomic mass is 10.1. The number of anilines is 2. The molecule has 0 aliphatic heterocycles. The fourth-order valence-corrected chi connectivity index (χ4v) is 1.57. The monoisotopic (exact) mass is 276 g/mol. The number of nitrogens with two attached hydrogens (primary N) is 1. The summed E-state index contributed by atoms with van der Waals surface area (Å²) in [7, 11) is 0. The van der Waals surface area contributed by atoms with Crippen LogP contribution in [0.5, 0.6) is 0 Å². The number of nitrogen functional groups attached to an aromatic ring is 1. The average Bonchev–Trinajstić information content (AvgIpc) is 2.83. The number of aromatic nitrogens is 3. The second-order valence-corrected chi connectivity index (χ2v) is 4.57. The van der Waals surface area contributed by atoms with Crippen molar-refractivity contribution < 1.29 is 9.32 Å². The molecular formula is C12H16N6O2. The molecule has 0 aromatic carbocycles. The summed E-state index contributed by atoms with van der Waals surface area (Å²) in [6, 6.07) is 3.30. The summed E-state index contributed by atoms with van der Waals surface area (Å²) in [5.41, 5.74) is 3.61. The summed E-state index contributed by atoms with van der Waals surface area (Å²) in [6.45, 7) is 5.62. The molecule has 0 bridgehead atoms. The van der Waals surface area contributed by atoms with E-state index in [1.165, 1.54) is 0 Å². The summed E-state index contributed by atoms with van der Waals surface area (Å²) in [5.74, 6) is 6.03. The van der Waals surface area contributed by atoms with E-state index in [1.807, 2.05) is 13.8 Å². The summed E-state index contributed by atoms with van der Waals surface area (Å²) in [6.07, 6.45) is 0. The zero-order valence-corrected chi connectivity index (χ0v) is 11.5. The SMILES string of the molecule is Cc1noc(NC(=O)c2cc(NN)nc(C(C)C)c2)n1. The molecule has 0 saturated carbocycles. The second kappa shape index (κ2) is 5.66. The lowest BCUT2D eigenvalue weighted by molar-refractivity contribution is 0.102. The van der Waals surface area contributed by atoms with Gasteiger partial charge in [-0.05, 0) is 25.0 Å². The molecule has 0 aliphatic carbocycles. The molecule has 0 aliphatic rings. The zero-order valence-electron chi connectivity index (χ0n) is 11.5. The molecule has 2 rings (SSSR count). The molecule has 0 radical (unpaired) electrons. The molecule has 8 nitrogen and oxygen atoms in total. The number of pyridine rings is 1. The molecule has 0 atom stereocenters. The van der Waals surface area contributed by atoms with E-state index in [9.17, 15) is 4.79 Å². The highest BCUT2D eigenvalue weighted by Gasteiger charge is 2.14. The third kappa shape index (κ3) is 3.09. The van der Waals surface area contributed by atoms with Gasteiger partial charge in [0.25, 0.3) is 5.91 Å². The van der Waals surface area contributed by atoms with Gasteiger partial charge in [0, 0.05) is 11.3 Å². The highest BCUT2D eigenvalue weighted by atomic mass is 16.5. The number of rotatable bonds is 4. The van der Waals surface area contributed by atoms with Gasteiger partial charge in [-0.3, -0.25) is 10.1 Å². The van der Waals surface area contributed by atoms with Crippen LogP contribution >= 0.6 is 0 Å². The highest BCUT2D eigenvalue weighted by Crippen LogP contribution is 2.18. The first kappa shape index (κ1) is 13.9. The zero-order chi connectivity index (χ0) is 14.7. The Labute approximate surface area is 115 Å². The van der Waals surface area contributed by atoms with Gasteiger partial charge in [-0.25, -0.2) is 10.8 Å². The fraction of sp³-hybridized carbons (Fsp3) is 0.333. The minimum absolute atomic E-state index is 0.0534. The fourth-order valence-electron chi connectivity index (χ4n) is 1.57. The van der Waals surface area contributed by atoms with Crippen molar-refractivity contribution in [3.63, 3.8) is 0 Å². The number of nitrogens with one attached hydrogen (secondary N) is 2. The second-order valence-electron chi connectivity index (χ2n) is 4.57. The first-order valence-corrected chi connectivity index (χ1v) is 6.10. The van der Waals surface area contributed by atoms with Gasteiger partial charge in [0.15, 0.2) is 5.82 Å². The van der Waals surface area contributed by atoms with E-state index in [-0.39, 0.29) is 17.8 Å². The van der Waals surface area contributed by atoms with E-state index in [0.29, 0.717) is 17.2 Å². The van der Waals surface area contributed by atoms with Crippen molar-refractivity contribution in [2.24, 2.45) is 5.84 Å². The maximum absolute atomic E-state index is 12.1. The van der Waals surface area contributed by atoms with Gasteiger partial charge in [-0.15, -0.1) is 0 Å². The van der Waals surface area contributed by atoms with Crippen LogP contribution in [0, 0.1) is 6.92 Å². The number of hydrogen-bond acceptors (Lipinski definition) is 7. The number of amides is 1. The Morgan fingerprint density at radius 3 is 2.65 bits per heavy atom. The summed E-state index contributed by atoms with van der Waals surface area (Å²) >= 11 is 0. The molecule has 4 N–H and O–H groups in total. The first-order valence-electron chi connectivity index (χ1n) is 6.10. The van der Waals surface area contributed by atoms with E-state index in [2.05, 4.69) is 25.9 Å². The van der Waals surface area contributed by atoms with Gasteiger partial charge in [-0.2, -0.15) is 4.98 Å². The Balaban J connectivity index is 2.26. The van der Waals surface area contributed by atoms with Crippen molar-refractivity contribution in [1.82, 2.24) is 15.1 Å². The maximum atomic E-state index is 12.1. The average molecular weight is 276 g/mol. The predicted octanol–water partition coefficient (Wildman–Crippen LogP) is 1.43. The van der Waals surface area contributed by atoms with Crippen LogP contribution in [0.4, 0.5) is 11.8 Å². The molecule has 0 saturated heterocycles. The van der Waals surface area contributed by atoms with Crippen molar-refractivity contribution in [3.05, 3.63) is 29.2 Å². The summed E-state index contributed by atoms with van der Waals surface area (Å²) < 4.78 is 4.84. The number of hydrazine groups is 1. The minimum atomic E-state index is -0.366. The van der Waals surface area contributed by atoms with Gasteiger partial charge in [-0.1, -0.05) is 19.0 Å². The van der Waals surface area contributed by atoms with Gasteiger partial charge in [0.2, 0.25) is 0 Å². The normalized spacial score (nSPS) is 10.7. The Hall–Kier alpha value is -2.48. The molecule has 1 amide bonds. The number of carbonyl (C=O) groups is 1. The van der Waals surface area contributed by atoms with Crippen LogP contribution < -0.4 is 16.6 Å². The molecule has 2 heterocycles. The summed E-state index contributed by atoms with van der Waals surface area (Å²) in [5, 5.41) is 6.12. The Bertz CT molecular complexity index is 622. The smallest absolute Gasteiger partial charge is 0.315 e. The molecule has 20 heavy (non-hydrogen) atoms. The van der Waals surface area contributed by atoms with E-state index < -0.39 is 0 Å². The molecule has 0 spiro atoms. The van der Waals surface area contributed by atoms with Crippen molar-refractivity contribution in [2.45, 2.75) is 26.7 Å². The maximum Gasteiger partial charge on any atom is 0.328 e. The Morgan fingerprint density at radius 1 is 1.35 bits per heavy atom. The summed E-state index contributed by atoms with van der Waals surface area (Å²) in [4.78, 5) is 20.3. The molecule has 8 heteroatoms. The van der Waals surface area contributed by atoms with Crippen molar-refractivity contribution in [2.75, 3.05) is 10.7 Å². The third-order valence-corrected chi connectivity index (χ3v) is 2.59. The topological polar surface area (TPSA) is 119 Å². The van der Waals surface area contributed by atoms with E-state index >= 15 is 0 Å². The quantitative estimate of drug-likeness (QED) is 0.571. The van der Waals surface area contributed by atoms with Crippen LogP contribution in [-0.4, -0.2) is 21.0 Å². The third-order valence-electron chi connectivity index (χ3n) is 2.59. The predicted molar refractivity (Wildman–Crippen MR) is 73.1 cm³/mol. The van der Waals surface area contributed by atoms with Crippen molar-refractivity contribution in [1.29, 1.82) is 0 Å². The van der Waals surface area contributed by atoms with Crippen molar-refractivity contribution >= 4 is 17.7 Å². The molecule has 2 aromatic heterocycles. The van der Waals surface area contributed by atoms with Gasteiger partial charge >= 0.3 is 6.01 Å². The lowest BCUT2D eigenvalue weighted by Crippen LogP contribution is -2.16. The minimum Gasteiger partial charge on any atom is -0.315 e. The largest absolute Gasteiger partial charge is 0.328 e. The van der Waals surface area contributed by atoms with E-state index in [1.54, 1.807) is 19.1 Å². The van der Waals surface area contributed by atoms with Gasteiger partial charge in [0.1, 0.15) is 5.82 Å². The van der Waals surface area contributed by atoms with Gasteiger partial charge < -0.3 is 9.95 Å². The molecule has 0 fully saturated rings. The van der Waals surface area contributed by atoms with Gasteiger partial charge in [0.05, 0.1) is 0 Å². The Kier molecular flexibility index (Phi) is 3.94. The Morgan fingerprint density at radius 2 is 2.10 bits per heavy atom. The molecule has 2 aromatic rings. The molecule has 106 valence electrons. The highest BCUT2D eigenvalue weighted by molar-refractivity contribution is 6.03. The van der Waals surface area contributed by atoms with Crippen LogP contribution in [0.1, 0.15) is 41.6 Å². The number of aryl methyl sites for hydroxylation is 1. The lowest BCUT2D eigenvalue weighted by Gasteiger charge is -2.10. The van der Waals surface area contributed by atoms with Crippen LogP contribution in [0.15, 0.2) is 16.7 Å². The van der Waals surface area contributed by atoms with Crippen LogP contribution in [-0.2, 0) is 0 Å². The molecular weight excluding hydrogens is 260 g/mol. The van der Waals surface area contributed by atoms with Crippen LogP contribution in [0.25, 0.3) is 0 Å². The van der Waals surface area contributed by atoms with E-state index in [0.717, 1.165) is 5.69 Å². The first-order chi connectivity index (χ1) is 9.49. The van der Waals surface area contributed by atoms with E-state index in [4.69, 9.17) is 10.4 Å². The van der Waals surface area contributed by atoms with Crippen LogP contribution in [0.2, 0.25) is 0 Å². The standard InChI is InChI=1S/C12H16N6O2/c1-6(2)9-4-8(5-10(15-9)17-13)11(19)16-12-14-7(3)18-20-12/h4-6H,13H2,1-3H3,(H,15,17)(H,14,16,18,19).